The van der Waals surface area contributed by atoms with E-state index in [1.165, 1.54) is 5.69 Å². The molecule has 4 nitrogen and oxygen atoms in total. The molecule has 0 atom stereocenters. The summed E-state index contributed by atoms with van der Waals surface area (Å²) in [6.45, 7) is 9.28. The second-order valence-electron chi connectivity index (χ2n) is 3.99. The summed E-state index contributed by atoms with van der Waals surface area (Å²) < 4.78 is 11.0. The van der Waals surface area contributed by atoms with Gasteiger partial charge in [-0.2, -0.15) is 0 Å². The molecule has 1 aromatic heterocycles. The molecule has 0 unspecified atom stereocenters. The van der Waals surface area contributed by atoms with Crippen molar-refractivity contribution in [2.24, 2.45) is 0 Å². The molecule has 104 valence electrons. The van der Waals surface area contributed by atoms with Crippen molar-refractivity contribution in [3.05, 3.63) is 16.1 Å². The zero-order chi connectivity index (χ0) is 13.2. The van der Waals surface area contributed by atoms with Crippen LogP contribution in [0.5, 0.6) is 0 Å². The van der Waals surface area contributed by atoms with Gasteiger partial charge in [0.15, 0.2) is 6.29 Å². The summed E-state index contributed by atoms with van der Waals surface area (Å²) >= 11 is 1.71. The molecule has 0 saturated heterocycles. The van der Waals surface area contributed by atoms with Gasteiger partial charge >= 0.3 is 0 Å². The third-order valence-electron chi connectivity index (χ3n) is 2.49. The highest BCUT2D eigenvalue weighted by Crippen LogP contribution is 2.07. The van der Waals surface area contributed by atoms with Crippen LogP contribution in [-0.4, -0.2) is 37.6 Å². The summed E-state index contributed by atoms with van der Waals surface area (Å²) in [5, 5.41) is 6.66. The normalized spacial score (nSPS) is 11.3. The van der Waals surface area contributed by atoms with Crippen LogP contribution >= 0.6 is 11.3 Å². The average molecular weight is 272 g/mol. The summed E-state index contributed by atoms with van der Waals surface area (Å²) in [5.41, 5.74) is 1.18. The Balaban J connectivity index is 2.06. The summed E-state index contributed by atoms with van der Waals surface area (Å²) in [6, 6.07) is 0. The van der Waals surface area contributed by atoms with Gasteiger partial charge in [0, 0.05) is 38.0 Å². The van der Waals surface area contributed by atoms with Crippen molar-refractivity contribution >= 4 is 11.3 Å². The number of ether oxygens (including phenoxy) is 2. The van der Waals surface area contributed by atoms with E-state index < -0.39 is 0 Å². The molecule has 1 heterocycles. The van der Waals surface area contributed by atoms with Gasteiger partial charge in [-0.05, 0) is 27.3 Å². The molecule has 0 spiro atoms. The van der Waals surface area contributed by atoms with Gasteiger partial charge in [-0.25, -0.2) is 4.98 Å². The van der Waals surface area contributed by atoms with Crippen LogP contribution in [0.25, 0.3) is 0 Å². The highest BCUT2D eigenvalue weighted by molar-refractivity contribution is 7.09. The SMILES string of the molecule is CCOC(CCNCCc1csc(C)n1)OCC. The molecule has 0 bridgehead atoms. The lowest BCUT2D eigenvalue weighted by atomic mass is 10.3. The lowest BCUT2D eigenvalue weighted by Gasteiger charge is -2.16. The largest absolute Gasteiger partial charge is 0.353 e. The minimum absolute atomic E-state index is 0.0750. The number of thiazole rings is 1. The van der Waals surface area contributed by atoms with E-state index in [2.05, 4.69) is 15.7 Å². The lowest BCUT2D eigenvalue weighted by molar-refractivity contribution is -0.138. The molecule has 0 saturated carbocycles. The molecule has 0 aliphatic rings. The first-order valence-corrected chi connectivity index (χ1v) is 7.49. The smallest absolute Gasteiger partial charge is 0.158 e. The van der Waals surface area contributed by atoms with Crippen molar-refractivity contribution in [2.45, 2.75) is 39.9 Å². The Kier molecular flexibility index (Phi) is 8.17. The summed E-state index contributed by atoms with van der Waals surface area (Å²) in [5.74, 6) is 0. The van der Waals surface area contributed by atoms with Gasteiger partial charge in [0.25, 0.3) is 0 Å². The first kappa shape index (κ1) is 15.6. The zero-order valence-electron chi connectivity index (χ0n) is 11.6. The van der Waals surface area contributed by atoms with Gasteiger partial charge in [0.05, 0.1) is 10.7 Å². The van der Waals surface area contributed by atoms with Crippen molar-refractivity contribution in [1.82, 2.24) is 10.3 Å². The number of aromatic nitrogens is 1. The van der Waals surface area contributed by atoms with Crippen LogP contribution in [-0.2, 0) is 15.9 Å². The second-order valence-corrected chi connectivity index (χ2v) is 5.05. The minimum Gasteiger partial charge on any atom is -0.353 e. The van der Waals surface area contributed by atoms with Gasteiger partial charge in [-0.3, -0.25) is 0 Å². The first-order chi connectivity index (χ1) is 8.76. The Labute approximate surface area is 114 Å². The molecule has 0 amide bonds. The molecular weight excluding hydrogens is 248 g/mol. The highest BCUT2D eigenvalue weighted by Gasteiger charge is 2.06. The van der Waals surface area contributed by atoms with Gasteiger partial charge in [-0.15, -0.1) is 11.3 Å². The van der Waals surface area contributed by atoms with Crippen LogP contribution in [0.15, 0.2) is 5.38 Å². The van der Waals surface area contributed by atoms with E-state index in [0.717, 1.165) is 30.9 Å². The highest BCUT2D eigenvalue weighted by atomic mass is 32.1. The van der Waals surface area contributed by atoms with E-state index in [1.54, 1.807) is 11.3 Å². The Morgan fingerprint density at radius 2 is 2.00 bits per heavy atom. The van der Waals surface area contributed by atoms with E-state index in [9.17, 15) is 0 Å². The number of nitrogens with zero attached hydrogens (tertiary/aromatic N) is 1. The molecule has 5 heteroatoms. The number of rotatable bonds is 10. The second kappa shape index (κ2) is 9.44. The Bertz CT molecular complexity index is 312. The number of hydrogen-bond acceptors (Lipinski definition) is 5. The van der Waals surface area contributed by atoms with E-state index in [4.69, 9.17) is 9.47 Å². The van der Waals surface area contributed by atoms with Crippen molar-refractivity contribution in [3.8, 4) is 0 Å². The van der Waals surface area contributed by atoms with Crippen LogP contribution in [0.1, 0.15) is 31.0 Å². The first-order valence-electron chi connectivity index (χ1n) is 6.61. The molecule has 0 aliphatic carbocycles. The minimum atomic E-state index is -0.0750. The predicted octanol–water partition coefficient (Wildman–Crippen LogP) is 2.37. The molecule has 0 aliphatic heterocycles. The summed E-state index contributed by atoms with van der Waals surface area (Å²) in [4.78, 5) is 4.43. The average Bonchev–Trinajstić information content (AvgIpc) is 2.75. The maximum absolute atomic E-state index is 5.48. The third kappa shape index (κ3) is 6.44. The van der Waals surface area contributed by atoms with E-state index in [0.29, 0.717) is 13.2 Å². The van der Waals surface area contributed by atoms with Crippen LogP contribution in [0.3, 0.4) is 0 Å². The van der Waals surface area contributed by atoms with Gasteiger partial charge in [0.2, 0.25) is 0 Å². The van der Waals surface area contributed by atoms with Crippen molar-refractivity contribution in [2.75, 3.05) is 26.3 Å². The van der Waals surface area contributed by atoms with Crippen LogP contribution < -0.4 is 5.32 Å². The molecule has 0 radical (unpaired) electrons. The predicted molar refractivity (Wildman–Crippen MR) is 75.1 cm³/mol. The van der Waals surface area contributed by atoms with Gasteiger partial charge in [-0.1, -0.05) is 0 Å². The Morgan fingerprint density at radius 1 is 1.28 bits per heavy atom. The fourth-order valence-electron chi connectivity index (χ4n) is 1.67. The Hall–Kier alpha value is -0.490. The maximum atomic E-state index is 5.48. The van der Waals surface area contributed by atoms with Crippen molar-refractivity contribution in [1.29, 1.82) is 0 Å². The number of aryl methyl sites for hydroxylation is 1. The van der Waals surface area contributed by atoms with Gasteiger partial charge < -0.3 is 14.8 Å². The van der Waals surface area contributed by atoms with Crippen molar-refractivity contribution in [3.63, 3.8) is 0 Å². The molecule has 18 heavy (non-hydrogen) atoms. The topological polar surface area (TPSA) is 43.4 Å². The van der Waals surface area contributed by atoms with Crippen LogP contribution in [0.4, 0.5) is 0 Å². The maximum Gasteiger partial charge on any atom is 0.158 e. The van der Waals surface area contributed by atoms with Crippen LogP contribution in [0.2, 0.25) is 0 Å². The quantitative estimate of drug-likeness (QED) is 0.524. The third-order valence-corrected chi connectivity index (χ3v) is 3.31. The van der Waals surface area contributed by atoms with Crippen LogP contribution in [0, 0.1) is 6.92 Å². The molecule has 1 aromatic rings. The Morgan fingerprint density at radius 3 is 2.56 bits per heavy atom. The van der Waals surface area contributed by atoms with E-state index >= 15 is 0 Å². The number of hydrogen-bond donors (Lipinski definition) is 1. The molecule has 1 rings (SSSR count). The van der Waals surface area contributed by atoms with E-state index in [1.807, 2.05) is 20.8 Å². The molecular formula is C13H24N2O2S. The fraction of sp³-hybridized carbons (Fsp3) is 0.769. The van der Waals surface area contributed by atoms with E-state index in [-0.39, 0.29) is 6.29 Å². The molecule has 0 aromatic carbocycles. The zero-order valence-corrected chi connectivity index (χ0v) is 12.4. The van der Waals surface area contributed by atoms with Gasteiger partial charge in [0.1, 0.15) is 0 Å². The fourth-order valence-corrected chi connectivity index (χ4v) is 2.32. The summed E-state index contributed by atoms with van der Waals surface area (Å²) in [6.07, 6.45) is 1.80. The molecule has 0 fully saturated rings. The monoisotopic (exact) mass is 272 g/mol. The lowest BCUT2D eigenvalue weighted by Crippen LogP contribution is -2.26. The number of nitrogens with one attached hydrogen (secondary N) is 1. The van der Waals surface area contributed by atoms with Crippen molar-refractivity contribution < 1.29 is 9.47 Å². The summed E-state index contributed by atoms with van der Waals surface area (Å²) in [7, 11) is 0. The molecule has 1 N–H and O–H groups in total. The standard InChI is InChI=1S/C13H24N2O2S/c1-4-16-13(17-5-2)7-9-14-8-6-12-10-18-11(3)15-12/h10,13-14H,4-9H2,1-3H3.